The van der Waals surface area contributed by atoms with Crippen LogP contribution in [0.15, 0.2) is 58.9 Å². The molecule has 2 heterocycles. The van der Waals surface area contributed by atoms with Crippen LogP contribution in [0.2, 0.25) is 5.02 Å². The number of halogens is 2. The maximum atomic E-state index is 14.6. The zero-order chi connectivity index (χ0) is 24.7. The fourth-order valence-electron chi connectivity index (χ4n) is 4.12. The Morgan fingerprint density at radius 1 is 1.14 bits per heavy atom. The molecule has 4 rings (SSSR count). The number of nitrogens with one attached hydrogen (secondary N) is 4. The molecule has 11 heteroatoms. The topological polar surface area (TPSA) is 95.2 Å². The first-order valence-corrected chi connectivity index (χ1v) is 14.3. The zero-order valence-corrected chi connectivity index (χ0v) is 21.5. The van der Waals surface area contributed by atoms with E-state index in [2.05, 4.69) is 49.9 Å². The van der Waals surface area contributed by atoms with E-state index in [1.807, 2.05) is 6.07 Å². The quantitative estimate of drug-likeness (QED) is 0.243. The van der Waals surface area contributed by atoms with Crippen LogP contribution in [0.25, 0.3) is 0 Å². The Balaban J connectivity index is 1.16. The number of aromatic nitrogens is 1. The van der Waals surface area contributed by atoms with E-state index in [0.29, 0.717) is 24.3 Å². The van der Waals surface area contributed by atoms with Crippen LogP contribution < -0.4 is 20.7 Å². The van der Waals surface area contributed by atoms with Gasteiger partial charge in [-0.1, -0.05) is 41.9 Å². The first-order chi connectivity index (χ1) is 16.9. The third kappa shape index (κ3) is 7.14. The van der Waals surface area contributed by atoms with E-state index >= 15 is 0 Å². The van der Waals surface area contributed by atoms with Crippen molar-refractivity contribution in [1.82, 2.24) is 15.6 Å². The lowest BCUT2D eigenvalue weighted by atomic mass is 10.1. The van der Waals surface area contributed by atoms with Crippen LogP contribution >= 0.6 is 22.9 Å². The van der Waals surface area contributed by atoms with Crippen LogP contribution in [0.4, 0.5) is 15.2 Å². The maximum Gasteiger partial charge on any atom is 0.266 e. The van der Waals surface area contributed by atoms with Gasteiger partial charge in [-0.05, 0) is 49.9 Å². The predicted octanol–water partition coefficient (Wildman–Crippen LogP) is 5.01. The molecule has 4 N–H and O–H groups in total. The van der Waals surface area contributed by atoms with Gasteiger partial charge in [0.15, 0.2) is 5.13 Å². The Morgan fingerprint density at radius 2 is 1.94 bits per heavy atom. The number of nitrogens with zero attached hydrogens (tertiary/aromatic N) is 1. The molecule has 7 nitrogen and oxygen atoms in total. The van der Waals surface area contributed by atoms with Gasteiger partial charge in [0.25, 0.3) is 10.0 Å². The van der Waals surface area contributed by atoms with Crippen molar-refractivity contribution in [3.05, 3.63) is 70.4 Å². The second-order valence-electron chi connectivity index (χ2n) is 8.45. The minimum atomic E-state index is -4.12. The third-order valence-electron chi connectivity index (χ3n) is 5.89. The summed E-state index contributed by atoms with van der Waals surface area (Å²) >= 11 is 7.33. The Bertz CT molecular complexity index is 1200. The molecule has 0 saturated carbocycles. The van der Waals surface area contributed by atoms with Crippen molar-refractivity contribution < 1.29 is 12.8 Å². The van der Waals surface area contributed by atoms with Crippen LogP contribution in [-0.2, 0) is 10.0 Å². The van der Waals surface area contributed by atoms with Crippen molar-refractivity contribution in [3.63, 3.8) is 0 Å². The van der Waals surface area contributed by atoms with Gasteiger partial charge in [-0.25, -0.2) is 17.8 Å². The number of benzene rings is 2. The molecule has 3 aromatic rings. The van der Waals surface area contributed by atoms with Crippen LogP contribution in [0.1, 0.15) is 37.3 Å². The lowest BCUT2D eigenvalue weighted by Crippen LogP contribution is -2.35. The molecule has 1 saturated heterocycles. The number of unbranched alkanes of at least 4 members (excludes halogenated alkanes) is 1. The molecule has 1 aliphatic heterocycles. The molecule has 1 aliphatic rings. The Kier molecular flexibility index (Phi) is 8.96. The molecule has 0 amide bonds. The first-order valence-electron chi connectivity index (χ1n) is 11.6. The summed E-state index contributed by atoms with van der Waals surface area (Å²) in [5.74, 6) is -0.875. The van der Waals surface area contributed by atoms with Gasteiger partial charge in [0, 0.05) is 36.8 Å². The first kappa shape index (κ1) is 25.8. The molecule has 2 atom stereocenters. The molecule has 0 unspecified atom stereocenters. The molecule has 1 aromatic heterocycles. The van der Waals surface area contributed by atoms with Crippen molar-refractivity contribution in [2.45, 2.75) is 42.7 Å². The minimum Gasteiger partial charge on any atom is -0.384 e. The van der Waals surface area contributed by atoms with Crippen molar-refractivity contribution in [3.8, 4) is 0 Å². The van der Waals surface area contributed by atoms with Gasteiger partial charge >= 0.3 is 0 Å². The average Bonchev–Trinajstić information content (AvgIpc) is 3.53. The van der Waals surface area contributed by atoms with Gasteiger partial charge in [0.2, 0.25) is 0 Å². The summed E-state index contributed by atoms with van der Waals surface area (Å²) in [7, 11) is -4.12. The SMILES string of the molecule is O=S(=O)(Nc1nccs1)c1cc(Cl)c(NCCCCNC[C@@H]2CC[C@H](c3ccccc3)N2)cc1F. The van der Waals surface area contributed by atoms with E-state index in [1.54, 1.807) is 5.38 Å². The number of rotatable bonds is 12. The summed E-state index contributed by atoms with van der Waals surface area (Å²) in [4.78, 5) is 3.35. The molecule has 0 aliphatic carbocycles. The molecular weight excluding hydrogens is 509 g/mol. The molecule has 0 spiro atoms. The second-order valence-corrected chi connectivity index (χ2v) is 11.4. The van der Waals surface area contributed by atoms with Crippen molar-refractivity contribution in [2.75, 3.05) is 29.7 Å². The monoisotopic (exact) mass is 537 g/mol. The highest BCUT2D eigenvalue weighted by atomic mass is 35.5. The molecule has 188 valence electrons. The van der Waals surface area contributed by atoms with Gasteiger partial charge in [0.05, 0.1) is 10.7 Å². The van der Waals surface area contributed by atoms with Crippen LogP contribution in [-0.4, -0.2) is 39.1 Å². The van der Waals surface area contributed by atoms with E-state index in [0.717, 1.165) is 62.2 Å². The number of sulfonamides is 1. The molecular formula is C24H29ClFN5O2S2. The van der Waals surface area contributed by atoms with E-state index < -0.39 is 20.7 Å². The Labute approximate surface area is 214 Å². The van der Waals surface area contributed by atoms with Crippen LogP contribution in [0.3, 0.4) is 0 Å². The van der Waals surface area contributed by atoms with E-state index in [1.165, 1.54) is 11.8 Å². The van der Waals surface area contributed by atoms with Crippen molar-refractivity contribution in [2.24, 2.45) is 0 Å². The fourth-order valence-corrected chi connectivity index (χ4v) is 6.29. The largest absolute Gasteiger partial charge is 0.384 e. The van der Waals surface area contributed by atoms with Crippen LogP contribution in [0, 0.1) is 5.82 Å². The summed E-state index contributed by atoms with van der Waals surface area (Å²) in [6.45, 7) is 2.42. The Hall–Kier alpha value is -2.24. The van der Waals surface area contributed by atoms with Gasteiger partial charge in [-0.2, -0.15) is 0 Å². The maximum absolute atomic E-state index is 14.6. The number of hydrogen-bond acceptors (Lipinski definition) is 7. The minimum absolute atomic E-state index is 0.143. The molecule has 1 fully saturated rings. The van der Waals surface area contributed by atoms with Gasteiger partial charge in [-0.15, -0.1) is 11.3 Å². The number of thiazole rings is 1. The fraction of sp³-hybridized carbons (Fsp3) is 0.375. The lowest BCUT2D eigenvalue weighted by Gasteiger charge is -2.15. The van der Waals surface area contributed by atoms with E-state index in [9.17, 15) is 12.8 Å². The molecule has 35 heavy (non-hydrogen) atoms. The summed E-state index contributed by atoms with van der Waals surface area (Å²) in [5.41, 5.74) is 1.71. The second kappa shape index (κ2) is 12.1. The molecule has 0 radical (unpaired) electrons. The standard InChI is InChI=1S/C24H29ClFN5O2S2/c25-19-14-23(35(32,33)31-24-29-12-13-34-24)20(26)15-22(19)28-11-5-4-10-27-16-18-8-9-21(30-18)17-6-2-1-3-7-17/h1-3,6-7,12-15,18,21,27-28,30H,4-5,8-11,16H2,(H,29,31)/t18-,21+/m0/s1. The predicted molar refractivity (Wildman–Crippen MR) is 140 cm³/mol. The summed E-state index contributed by atoms with van der Waals surface area (Å²) in [5, 5.41) is 12.2. The molecule has 2 aromatic carbocycles. The Morgan fingerprint density at radius 3 is 2.71 bits per heavy atom. The highest BCUT2D eigenvalue weighted by Crippen LogP contribution is 2.30. The smallest absolute Gasteiger partial charge is 0.266 e. The zero-order valence-electron chi connectivity index (χ0n) is 19.1. The highest BCUT2D eigenvalue weighted by Gasteiger charge is 2.24. The lowest BCUT2D eigenvalue weighted by molar-refractivity contribution is 0.502. The van der Waals surface area contributed by atoms with Gasteiger partial charge in [0.1, 0.15) is 10.7 Å². The highest BCUT2D eigenvalue weighted by molar-refractivity contribution is 7.93. The van der Waals surface area contributed by atoms with Crippen LogP contribution in [0.5, 0.6) is 0 Å². The van der Waals surface area contributed by atoms with E-state index in [4.69, 9.17) is 11.6 Å². The third-order valence-corrected chi connectivity index (χ3v) is 8.38. The summed E-state index contributed by atoms with van der Waals surface area (Å²) < 4.78 is 41.7. The number of anilines is 2. The van der Waals surface area contributed by atoms with Gasteiger partial charge in [-0.3, -0.25) is 4.72 Å². The summed E-state index contributed by atoms with van der Waals surface area (Å²) in [6.07, 6.45) is 5.58. The normalized spacial score (nSPS) is 18.0. The number of hydrogen-bond donors (Lipinski definition) is 4. The van der Waals surface area contributed by atoms with Crippen molar-refractivity contribution in [1.29, 1.82) is 0 Å². The van der Waals surface area contributed by atoms with Crippen molar-refractivity contribution >= 4 is 43.8 Å². The van der Waals surface area contributed by atoms with E-state index in [-0.39, 0.29) is 10.2 Å². The average molecular weight is 538 g/mol. The summed E-state index contributed by atoms with van der Waals surface area (Å²) in [6, 6.07) is 13.7. The molecule has 0 bridgehead atoms. The van der Waals surface area contributed by atoms with Gasteiger partial charge < -0.3 is 16.0 Å².